The molecule has 0 atom stereocenters. The molecule has 3 rings (SSSR count). The fourth-order valence-electron chi connectivity index (χ4n) is 3.21. The van der Waals surface area contributed by atoms with Gasteiger partial charge >= 0.3 is 0 Å². The van der Waals surface area contributed by atoms with Gasteiger partial charge in [-0.05, 0) is 31.9 Å². The number of fused-ring (bicyclic) bond motifs is 1. The smallest absolute Gasteiger partial charge is 0.252 e. The molecule has 1 aliphatic heterocycles. The van der Waals surface area contributed by atoms with Crippen LogP contribution in [0.5, 0.6) is 5.75 Å². The van der Waals surface area contributed by atoms with Crippen LogP contribution in [0.4, 0.5) is 5.82 Å². The summed E-state index contributed by atoms with van der Waals surface area (Å²) in [6, 6.07) is 3.81. The Morgan fingerprint density at radius 1 is 1.32 bits per heavy atom. The number of nitrogens with zero attached hydrogens (tertiary/aromatic N) is 2. The van der Waals surface area contributed by atoms with Gasteiger partial charge in [0.05, 0.1) is 18.2 Å². The number of piperidine rings is 1. The van der Waals surface area contributed by atoms with Gasteiger partial charge in [0.1, 0.15) is 11.6 Å². The van der Waals surface area contributed by atoms with E-state index in [9.17, 15) is 4.79 Å². The summed E-state index contributed by atoms with van der Waals surface area (Å²) in [6.45, 7) is 3.47. The highest BCUT2D eigenvalue weighted by molar-refractivity contribution is 6.05. The van der Waals surface area contributed by atoms with Gasteiger partial charge in [-0.15, -0.1) is 5.92 Å². The van der Waals surface area contributed by atoms with Gasteiger partial charge in [0.25, 0.3) is 5.91 Å². The number of carbonyl (C=O) groups excluding carboxylic acids is 1. The van der Waals surface area contributed by atoms with Crippen molar-refractivity contribution in [1.29, 1.82) is 0 Å². The number of rotatable bonds is 3. The Labute approximate surface area is 147 Å². The van der Waals surface area contributed by atoms with E-state index in [-0.39, 0.29) is 6.04 Å². The first-order valence-corrected chi connectivity index (χ1v) is 8.29. The van der Waals surface area contributed by atoms with Crippen LogP contribution in [-0.2, 0) is 0 Å². The molecule has 1 aromatic heterocycles. The number of nitrogens with two attached hydrogens (primary N) is 2. The number of aromatic nitrogens is 1. The normalized spacial score (nSPS) is 14.9. The molecule has 0 spiro atoms. The van der Waals surface area contributed by atoms with Gasteiger partial charge in [-0.1, -0.05) is 5.92 Å². The standard InChI is InChI=1S/C19H22N4O2/c1-3-4-12-11-22-19(23-7-5-13(20)6-8-23)15-10-17(25-2)16(18(21)24)9-14(12)15/h9-11,13H,5-8,20H2,1-2H3,(H2,21,24). The molecule has 2 heterocycles. The summed E-state index contributed by atoms with van der Waals surface area (Å²) in [6.07, 6.45) is 3.60. The highest BCUT2D eigenvalue weighted by Gasteiger charge is 2.21. The number of amides is 1. The molecule has 0 aliphatic carbocycles. The third kappa shape index (κ3) is 3.24. The van der Waals surface area contributed by atoms with Crippen molar-refractivity contribution in [2.75, 3.05) is 25.1 Å². The highest BCUT2D eigenvalue weighted by Crippen LogP contribution is 2.34. The number of ether oxygens (including phenoxy) is 1. The van der Waals surface area contributed by atoms with Gasteiger partial charge in [-0.2, -0.15) is 0 Å². The molecule has 0 bridgehead atoms. The summed E-state index contributed by atoms with van der Waals surface area (Å²) in [7, 11) is 1.52. The molecule has 6 nitrogen and oxygen atoms in total. The van der Waals surface area contributed by atoms with Crippen LogP contribution < -0.4 is 21.1 Å². The summed E-state index contributed by atoms with van der Waals surface area (Å²) < 4.78 is 5.37. The maximum atomic E-state index is 11.8. The van der Waals surface area contributed by atoms with Gasteiger partial charge in [-0.25, -0.2) is 4.98 Å². The second-order valence-corrected chi connectivity index (χ2v) is 6.16. The lowest BCUT2D eigenvalue weighted by Crippen LogP contribution is -2.40. The Balaban J connectivity index is 2.23. The molecule has 1 saturated heterocycles. The Morgan fingerprint density at radius 3 is 2.64 bits per heavy atom. The van der Waals surface area contributed by atoms with Crippen molar-refractivity contribution < 1.29 is 9.53 Å². The van der Waals surface area contributed by atoms with E-state index in [0.29, 0.717) is 11.3 Å². The van der Waals surface area contributed by atoms with Crippen molar-refractivity contribution in [3.63, 3.8) is 0 Å². The monoisotopic (exact) mass is 338 g/mol. The lowest BCUT2D eigenvalue weighted by Gasteiger charge is -2.32. The van der Waals surface area contributed by atoms with Gasteiger partial charge in [0, 0.05) is 36.1 Å². The molecule has 0 radical (unpaired) electrons. The third-order valence-electron chi connectivity index (χ3n) is 4.55. The van der Waals surface area contributed by atoms with Crippen LogP contribution in [0.3, 0.4) is 0 Å². The van der Waals surface area contributed by atoms with Crippen molar-refractivity contribution in [3.05, 3.63) is 29.5 Å². The fraction of sp³-hybridized carbons (Fsp3) is 0.368. The molecule has 2 aromatic rings. The maximum absolute atomic E-state index is 11.8. The number of anilines is 1. The number of primary amides is 1. The lowest BCUT2D eigenvalue weighted by molar-refractivity contribution is 0.0997. The summed E-state index contributed by atoms with van der Waals surface area (Å²) >= 11 is 0. The first-order chi connectivity index (χ1) is 12.0. The SMILES string of the molecule is CC#Cc1cnc(N2CCC(N)CC2)c2cc(OC)c(C(N)=O)cc12. The minimum Gasteiger partial charge on any atom is -0.496 e. The van der Waals surface area contributed by atoms with Crippen LogP contribution in [0.1, 0.15) is 35.7 Å². The van der Waals surface area contributed by atoms with E-state index in [1.807, 2.05) is 6.07 Å². The average Bonchev–Trinajstić information content (AvgIpc) is 2.62. The van der Waals surface area contributed by atoms with Crippen molar-refractivity contribution in [3.8, 4) is 17.6 Å². The number of benzene rings is 1. The molecule has 0 unspecified atom stereocenters. The Morgan fingerprint density at radius 2 is 2.04 bits per heavy atom. The average molecular weight is 338 g/mol. The van der Waals surface area contributed by atoms with Crippen LogP contribution in [0, 0.1) is 11.8 Å². The molecule has 25 heavy (non-hydrogen) atoms. The molecule has 1 aromatic carbocycles. The summed E-state index contributed by atoms with van der Waals surface area (Å²) in [5, 5.41) is 1.75. The first-order valence-electron chi connectivity index (χ1n) is 8.29. The molecule has 1 aliphatic rings. The second kappa shape index (κ2) is 6.99. The lowest BCUT2D eigenvalue weighted by atomic mass is 10.0. The van der Waals surface area contributed by atoms with Crippen molar-refractivity contribution in [1.82, 2.24) is 4.98 Å². The zero-order chi connectivity index (χ0) is 18.0. The van der Waals surface area contributed by atoms with Crippen LogP contribution in [-0.4, -0.2) is 37.1 Å². The van der Waals surface area contributed by atoms with Gasteiger partial charge < -0.3 is 21.1 Å². The maximum Gasteiger partial charge on any atom is 0.252 e. The summed E-state index contributed by atoms with van der Waals surface area (Å²) in [5.74, 6) is 6.71. The molecule has 4 N–H and O–H groups in total. The van der Waals surface area contributed by atoms with E-state index in [2.05, 4.69) is 21.7 Å². The van der Waals surface area contributed by atoms with Crippen molar-refractivity contribution in [2.24, 2.45) is 11.5 Å². The van der Waals surface area contributed by atoms with Crippen LogP contribution in [0.2, 0.25) is 0 Å². The largest absolute Gasteiger partial charge is 0.496 e. The summed E-state index contributed by atoms with van der Waals surface area (Å²) in [5.41, 5.74) is 12.6. The van der Waals surface area contributed by atoms with Gasteiger partial charge in [0.2, 0.25) is 0 Å². The first kappa shape index (κ1) is 17.1. The Bertz CT molecular complexity index is 874. The molecule has 130 valence electrons. The number of hydrogen-bond donors (Lipinski definition) is 2. The topological polar surface area (TPSA) is 94.5 Å². The minimum atomic E-state index is -0.531. The Kier molecular flexibility index (Phi) is 4.77. The Hall–Kier alpha value is -2.78. The second-order valence-electron chi connectivity index (χ2n) is 6.16. The van der Waals surface area contributed by atoms with Gasteiger partial charge in [0.15, 0.2) is 0 Å². The van der Waals surface area contributed by atoms with Crippen LogP contribution in [0.15, 0.2) is 18.3 Å². The molecular formula is C19H22N4O2. The molecule has 0 saturated carbocycles. The van der Waals surface area contributed by atoms with Gasteiger partial charge in [-0.3, -0.25) is 4.79 Å². The van der Waals surface area contributed by atoms with Crippen molar-refractivity contribution in [2.45, 2.75) is 25.8 Å². The van der Waals surface area contributed by atoms with Crippen LogP contribution in [0.25, 0.3) is 10.8 Å². The van der Waals surface area contributed by atoms with E-state index in [1.165, 1.54) is 7.11 Å². The van der Waals surface area contributed by atoms with E-state index < -0.39 is 5.91 Å². The predicted molar refractivity (Wildman–Crippen MR) is 98.8 cm³/mol. The van der Waals surface area contributed by atoms with E-state index in [1.54, 1.807) is 19.2 Å². The fourth-order valence-corrected chi connectivity index (χ4v) is 3.21. The molecule has 1 fully saturated rings. The predicted octanol–water partition coefficient (Wildman–Crippen LogP) is 1.64. The zero-order valence-corrected chi connectivity index (χ0v) is 14.5. The van der Waals surface area contributed by atoms with E-state index >= 15 is 0 Å². The number of hydrogen-bond acceptors (Lipinski definition) is 5. The highest BCUT2D eigenvalue weighted by atomic mass is 16.5. The zero-order valence-electron chi connectivity index (χ0n) is 14.5. The van der Waals surface area contributed by atoms with E-state index in [0.717, 1.165) is 48.1 Å². The number of pyridine rings is 1. The summed E-state index contributed by atoms with van der Waals surface area (Å²) in [4.78, 5) is 18.6. The van der Waals surface area contributed by atoms with E-state index in [4.69, 9.17) is 16.2 Å². The van der Waals surface area contributed by atoms with Crippen molar-refractivity contribution >= 4 is 22.5 Å². The van der Waals surface area contributed by atoms with Crippen LogP contribution >= 0.6 is 0 Å². The number of carbonyl (C=O) groups is 1. The number of methoxy groups -OCH3 is 1. The molecule has 1 amide bonds. The molecule has 6 heteroatoms. The molecular weight excluding hydrogens is 316 g/mol. The quantitative estimate of drug-likeness (QED) is 0.830. The minimum absolute atomic E-state index is 0.240. The third-order valence-corrected chi connectivity index (χ3v) is 4.55.